The number of carbonyl (C=O) groups is 2. The van der Waals surface area contributed by atoms with Crippen LogP contribution in [0.2, 0.25) is 0 Å². The maximum absolute atomic E-state index is 13.0. The average molecular weight is 396 g/mol. The molecular weight excluding hydrogens is 372 g/mol. The van der Waals surface area contributed by atoms with Gasteiger partial charge in [-0.2, -0.15) is 0 Å². The molecule has 1 aliphatic heterocycles. The van der Waals surface area contributed by atoms with E-state index >= 15 is 0 Å². The molecule has 2 aromatic carbocycles. The fourth-order valence-corrected chi connectivity index (χ4v) is 3.42. The van der Waals surface area contributed by atoms with E-state index in [1.54, 1.807) is 44.4 Å². The number of nitrogens with one attached hydrogen (secondary N) is 1. The predicted molar refractivity (Wildman–Crippen MR) is 112 cm³/mol. The molecule has 1 aliphatic rings. The molecule has 0 spiro atoms. The summed E-state index contributed by atoms with van der Waals surface area (Å²) >= 11 is 0. The molecule has 0 saturated carbocycles. The van der Waals surface area contributed by atoms with Crippen molar-refractivity contribution in [2.24, 2.45) is 0 Å². The summed E-state index contributed by atoms with van der Waals surface area (Å²) in [6.45, 7) is 1.62. The van der Waals surface area contributed by atoms with Crippen LogP contribution in [0.15, 0.2) is 42.5 Å². The number of carbonyl (C=O) groups excluding carboxylic acids is 2. The number of nitro benzene ring substituents is 1. The standard InChI is InChI=1S/C21H24N4O4/c1-23(2)21(27)15-7-6-8-16(13-15)22-20(26)18-14-17(25(28)29)9-10-19(18)24-11-4-3-5-12-24/h6-10,13-14H,3-5,11-12H2,1-2H3,(H,22,26). The van der Waals surface area contributed by atoms with Crippen LogP contribution in [0, 0.1) is 10.1 Å². The molecule has 152 valence electrons. The lowest BCUT2D eigenvalue weighted by atomic mass is 10.1. The van der Waals surface area contributed by atoms with E-state index in [0.717, 1.165) is 32.4 Å². The highest BCUT2D eigenvalue weighted by atomic mass is 16.6. The van der Waals surface area contributed by atoms with Crippen LogP contribution in [0.5, 0.6) is 0 Å². The van der Waals surface area contributed by atoms with Crippen molar-refractivity contribution in [1.82, 2.24) is 4.90 Å². The Kier molecular flexibility index (Phi) is 6.11. The molecule has 29 heavy (non-hydrogen) atoms. The first-order valence-corrected chi connectivity index (χ1v) is 9.53. The third-order valence-electron chi connectivity index (χ3n) is 4.91. The first kappa shape index (κ1) is 20.3. The van der Waals surface area contributed by atoms with Gasteiger partial charge >= 0.3 is 0 Å². The summed E-state index contributed by atoms with van der Waals surface area (Å²) in [4.78, 5) is 39.4. The van der Waals surface area contributed by atoms with Crippen LogP contribution in [-0.2, 0) is 0 Å². The van der Waals surface area contributed by atoms with Crippen molar-refractivity contribution in [3.8, 4) is 0 Å². The summed E-state index contributed by atoms with van der Waals surface area (Å²) in [5, 5.41) is 14.0. The largest absolute Gasteiger partial charge is 0.371 e. The molecule has 3 rings (SSSR count). The van der Waals surface area contributed by atoms with Gasteiger partial charge in [0.25, 0.3) is 17.5 Å². The number of rotatable bonds is 5. The van der Waals surface area contributed by atoms with E-state index in [4.69, 9.17) is 0 Å². The highest BCUT2D eigenvalue weighted by Gasteiger charge is 2.22. The number of nitrogens with zero attached hydrogens (tertiary/aromatic N) is 3. The Hall–Kier alpha value is -3.42. The smallest absolute Gasteiger partial charge is 0.270 e. The van der Waals surface area contributed by atoms with Crippen molar-refractivity contribution in [3.05, 3.63) is 63.7 Å². The van der Waals surface area contributed by atoms with Crippen molar-refractivity contribution in [2.75, 3.05) is 37.4 Å². The molecule has 0 atom stereocenters. The molecule has 0 aromatic heterocycles. The Labute approximate surface area is 169 Å². The van der Waals surface area contributed by atoms with Crippen LogP contribution < -0.4 is 10.2 Å². The highest BCUT2D eigenvalue weighted by Crippen LogP contribution is 2.29. The molecule has 0 aliphatic carbocycles. The minimum Gasteiger partial charge on any atom is -0.371 e. The Bertz CT molecular complexity index is 936. The Balaban J connectivity index is 1.91. The lowest BCUT2D eigenvalue weighted by molar-refractivity contribution is -0.384. The van der Waals surface area contributed by atoms with E-state index in [1.165, 1.54) is 17.0 Å². The second kappa shape index (κ2) is 8.72. The van der Waals surface area contributed by atoms with E-state index in [-0.39, 0.29) is 17.2 Å². The molecule has 2 aromatic rings. The Morgan fingerprint density at radius 1 is 1.07 bits per heavy atom. The van der Waals surface area contributed by atoms with Gasteiger partial charge in [-0.05, 0) is 43.5 Å². The third-order valence-corrected chi connectivity index (χ3v) is 4.91. The van der Waals surface area contributed by atoms with Crippen molar-refractivity contribution in [1.29, 1.82) is 0 Å². The molecule has 2 amide bonds. The maximum Gasteiger partial charge on any atom is 0.270 e. The minimum atomic E-state index is -0.507. The maximum atomic E-state index is 13.0. The van der Waals surface area contributed by atoms with Crippen LogP contribution in [0.3, 0.4) is 0 Å². The summed E-state index contributed by atoms with van der Waals surface area (Å²) in [6, 6.07) is 11.0. The molecular formula is C21H24N4O4. The zero-order valence-corrected chi connectivity index (χ0v) is 16.6. The zero-order chi connectivity index (χ0) is 21.0. The van der Waals surface area contributed by atoms with Crippen molar-refractivity contribution in [2.45, 2.75) is 19.3 Å². The summed E-state index contributed by atoms with van der Waals surface area (Å²) in [7, 11) is 3.31. The normalized spacial score (nSPS) is 13.7. The monoisotopic (exact) mass is 396 g/mol. The minimum absolute atomic E-state index is 0.132. The molecule has 0 unspecified atom stereocenters. The number of non-ortho nitro benzene ring substituents is 1. The Morgan fingerprint density at radius 3 is 2.45 bits per heavy atom. The SMILES string of the molecule is CN(C)C(=O)c1cccc(NC(=O)c2cc([N+](=O)[O-])ccc2N2CCCCC2)c1. The zero-order valence-electron chi connectivity index (χ0n) is 16.6. The quantitative estimate of drug-likeness (QED) is 0.616. The van der Waals surface area contributed by atoms with E-state index in [2.05, 4.69) is 10.2 Å². The van der Waals surface area contributed by atoms with Crippen molar-refractivity contribution < 1.29 is 14.5 Å². The number of hydrogen-bond acceptors (Lipinski definition) is 5. The summed E-state index contributed by atoms with van der Waals surface area (Å²) in [5.74, 6) is -0.617. The third kappa shape index (κ3) is 4.71. The van der Waals surface area contributed by atoms with Gasteiger partial charge in [-0.25, -0.2) is 0 Å². The average Bonchev–Trinajstić information content (AvgIpc) is 2.73. The van der Waals surface area contributed by atoms with E-state index in [0.29, 0.717) is 16.9 Å². The van der Waals surface area contributed by atoms with Gasteiger partial charge in [0, 0.05) is 50.6 Å². The Morgan fingerprint density at radius 2 is 1.79 bits per heavy atom. The van der Waals surface area contributed by atoms with Gasteiger partial charge in [-0.3, -0.25) is 19.7 Å². The van der Waals surface area contributed by atoms with E-state index < -0.39 is 10.8 Å². The number of anilines is 2. The first-order valence-electron chi connectivity index (χ1n) is 9.53. The van der Waals surface area contributed by atoms with Crippen LogP contribution in [0.25, 0.3) is 0 Å². The topological polar surface area (TPSA) is 95.8 Å². The first-order chi connectivity index (χ1) is 13.9. The summed E-state index contributed by atoms with van der Waals surface area (Å²) < 4.78 is 0. The van der Waals surface area contributed by atoms with Crippen LogP contribution >= 0.6 is 0 Å². The lowest BCUT2D eigenvalue weighted by Gasteiger charge is -2.30. The van der Waals surface area contributed by atoms with E-state index in [9.17, 15) is 19.7 Å². The molecule has 8 nitrogen and oxygen atoms in total. The van der Waals surface area contributed by atoms with Gasteiger partial charge in [0.2, 0.25) is 0 Å². The highest BCUT2D eigenvalue weighted by molar-refractivity contribution is 6.09. The molecule has 1 N–H and O–H groups in total. The second-order valence-corrected chi connectivity index (χ2v) is 7.24. The van der Waals surface area contributed by atoms with Crippen LogP contribution in [-0.4, -0.2) is 48.8 Å². The van der Waals surface area contributed by atoms with Gasteiger partial charge < -0.3 is 15.1 Å². The molecule has 1 heterocycles. The molecule has 8 heteroatoms. The molecule has 1 saturated heterocycles. The van der Waals surface area contributed by atoms with Crippen LogP contribution in [0.4, 0.5) is 17.1 Å². The fraction of sp³-hybridized carbons (Fsp3) is 0.333. The van der Waals surface area contributed by atoms with Gasteiger partial charge in [-0.1, -0.05) is 6.07 Å². The lowest BCUT2D eigenvalue weighted by Crippen LogP contribution is -2.31. The van der Waals surface area contributed by atoms with Gasteiger partial charge in [0.05, 0.1) is 16.2 Å². The molecule has 1 fully saturated rings. The predicted octanol–water partition coefficient (Wildman–Crippen LogP) is 3.54. The fourth-order valence-electron chi connectivity index (χ4n) is 3.42. The van der Waals surface area contributed by atoms with Gasteiger partial charge in [-0.15, -0.1) is 0 Å². The molecule has 0 radical (unpaired) electrons. The number of piperidine rings is 1. The van der Waals surface area contributed by atoms with Crippen LogP contribution in [0.1, 0.15) is 40.0 Å². The van der Waals surface area contributed by atoms with Crippen molar-refractivity contribution >= 4 is 28.9 Å². The summed E-state index contributed by atoms with van der Waals surface area (Å²) in [6.07, 6.45) is 3.18. The number of hydrogen-bond donors (Lipinski definition) is 1. The number of benzene rings is 2. The van der Waals surface area contributed by atoms with Crippen molar-refractivity contribution in [3.63, 3.8) is 0 Å². The second-order valence-electron chi connectivity index (χ2n) is 7.24. The molecule has 0 bridgehead atoms. The number of amides is 2. The van der Waals surface area contributed by atoms with E-state index in [1.807, 2.05) is 0 Å². The summed E-state index contributed by atoms with van der Waals surface area (Å²) in [5.41, 5.74) is 1.72. The van der Waals surface area contributed by atoms with Gasteiger partial charge in [0.1, 0.15) is 0 Å². The van der Waals surface area contributed by atoms with Gasteiger partial charge in [0.15, 0.2) is 0 Å². The number of nitro groups is 1.